The Balaban J connectivity index is 1.86. The molecule has 1 amide bonds. The first-order valence-corrected chi connectivity index (χ1v) is 7.32. The van der Waals surface area contributed by atoms with Gasteiger partial charge in [0.25, 0.3) is 0 Å². The van der Waals surface area contributed by atoms with Gasteiger partial charge in [-0.05, 0) is 18.9 Å². The van der Waals surface area contributed by atoms with Crippen molar-refractivity contribution in [1.82, 2.24) is 10.6 Å². The minimum Gasteiger partial charge on any atom is -0.363 e. The summed E-state index contributed by atoms with van der Waals surface area (Å²) in [6.07, 6.45) is 1.97. The molecule has 1 fully saturated rings. The molecule has 1 aliphatic rings. The molecule has 1 saturated heterocycles. The van der Waals surface area contributed by atoms with Crippen LogP contribution in [0.3, 0.4) is 0 Å². The summed E-state index contributed by atoms with van der Waals surface area (Å²) < 4.78 is 5.67. The highest BCUT2D eigenvalue weighted by Gasteiger charge is 2.33. The third kappa shape index (κ3) is 4.05. The minimum absolute atomic E-state index is 0.0413. The third-order valence-corrected chi connectivity index (χ3v) is 3.66. The molecule has 1 atom stereocenters. The summed E-state index contributed by atoms with van der Waals surface area (Å²) in [5.74, 6) is -0.0413. The Kier molecular flexibility index (Phi) is 5.15. The summed E-state index contributed by atoms with van der Waals surface area (Å²) in [4.78, 5) is 12.0. The van der Waals surface area contributed by atoms with Gasteiger partial charge in [-0.1, -0.05) is 43.7 Å². The van der Waals surface area contributed by atoms with Crippen LogP contribution in [0.5, 0.6) is 0 Å². The van der Waals surface area contributed by atoms with E-state index in [9.17, 15) is 4.79 Å². The fourth-order valence-electron chi connectivity index (χ4n) is 2.35. The molecule has 1 unspecified atom stereocenters. The first-order valence-electron chi connectivity index (χ1n) is 7.32. The SMILES string of the molecule is CCCC(NC(=O)COC1(C)CNC1)c1ccccc1. The average molecular weight is 276 g/mol. The second-order valence-corrected chi connectivity index (χ2v) is 5.66. The molecule has 4 nitrogen and oxygen atoms in total. The van der Waals surface area contributed by atoms with Crippen LogP contribution in [0.4, 0.5) is 0 Å². The summed E-state index contributed by atoms with van der Waals surface area (Å²) in [5, 5.41) is 6.23. The van der Waals surface area contributed by atoms with Crippen molar-refractivity contribution in [3.63, 3.8) is 0 Å². The first-order chi connectivity index (χ1) is 9.63. The van der Waals surface area contributed by atoms with Crippen LogP contribution >= 0.6 is 0 Å². The van der Waals surface area contributed by atoms with Crippen molar-refractivity contribution in [2.75, 3.05) is 19.7 Å². The maximum Gasteiger partial charge on any atom is 0.246 e. The van der Waals surface area contributed by atoms with E-state index in [4.69, 9.17) is 4.74 Å². The summed E-state index contributed by atoms with van der Waals surface area (Å²) >= 11 is 0. The second-order valence-electron chi connectivity index (χ2n) is 5.66. The highest BCUT2D eigenvalue weighted by Crippen LogP contribution is 2.19. The van der Waals surface area contributed by atoms with E-state index < -0.39 is 0 Å². The quantitative estimate of drug-likeness (QED) is 0.801. The lowest BCUT2D eigenvalue weighted by Gasteiger charge is -2.38. The largest absolute Gasteiger partial charge is 0.363 e. The Morgan fingerprint density at radius 1 is 1.40 bits per heavy atom. The number of amides is 1. The molecule has 1 aliphatic heterocycles. The highest BCUT2D eigenvalue weighted by atomic mass is 16.5. The number of carbonyl (C=O) groups is 1. The van der Waals surface area contributed by atoms with Gasteiger partial charge in [0.15, 0.2) is 0 Å². The van der Waals surface area contributed by atoms with Gasteiger partial charge in [-0.25, -0.2) is 0 Å². The van der Waals surface area contributed by atoms with Gasteiger partial charge >= 0.3 is 0 Å². The molecule has 0 bridgehead atoms. The molecule has 110 valence electrons. The molecule has 0 aliphatic carbocycles. The van der Waals surface area contributed by atoms with E-state index in [0.717, 1.165) is 31.5 Å². The van der Waals surface area contributed by atoms with Crippen LogP contribution in [0.15, 0.2) is 30.3 Å². The zero-order chi connectivity index (χ0) is 14.4. The van der Waals surface area contributed by atoms with Gasteiger partial charge in [0.2, 0.25) is 5.91 Å². The van der Waals surface area contributed by atoms with Crippen molar-refractivity contribution >= 4 is 5.91 Å². The average Bonchev–Trinajstić information content (AvgIpc) is 2.43. The van der Waals surface area contributed by atoms with Gasteiger partial charge in [-0.3, -0.25) is 4.79 Å². The fraction of sp³-hybridized carbons (Fsp3) is 0.562. The normalized spacial score (nSPS) is 18.1. The van der Waals surface area contributed by atoms with Crippen molar-refractivity contribution in [3.8, 4) is 0 Å². The molecule has 2 rings (SSSR count). The number of benzene rings is 1. The molecule has 0 radical (unpaired) electrons. The van der Waals surface area contributed by atoms with Crippen LogP contribution in [-0.2, 0) is 9.53 Å². The van der Waals surface area contributed by atoms with Crippen LogP contribution in [0, 0.1) is 0 Å². The van der Waals surface area contributed by atoms with Crippen LogP contribution in [0.2, 0.25) is 0 Å². The lowest BCUT2D eigenvalue weighted by Crippen LogP contribution is -2.59. The van der Waals surface area contributed by atoms with E-state index in [-0.39, 0.29) is 24.2 Å². The topological polar surface area (TPSA) is 50.4 Å². The smallest absolute Gasteiger partial charge is 0.246 e. The van der Waals surface area contributed by atoms with E-state index >= 15 is 0 Å². The van der Waals surface area contributed by atoms with Crippen LogP contribution in [0.1, 0.15) is 38.3 Å². The minimum atomic E-state index is -0.176. The second kappa shape index (κ2) is 6.86. The monoisotopic (exact) mass is 276 g/mol. The van der Waals surface area contributed by atoms with Gasteiger partial charge in [0, 0.05) is 13.1 Å². The number of nitrogens with one attached hydrogen (secondary N) is 2. The lowest BCUT2D eigenvalue weighted by molar-refractivity contribution is -0.136. The number of ether oxygens (including phenoxy) is 1. The van der Waals surface area contributed by atoms with Gasteiger partial charge in [0.1, 0.15) is 6.61 Å². The van der Waals surface area contributed by atoms with E-state index in [1.807, 2.05) is 25.1 Å². The Morgan fingerprint density at radius 3 is 2.65 bits per heavy atom. The van der Waals surface area contributed by atoms with Crippen molar-refractivity contribution in [2.24, 2.45) is 0 Å². The molecule has 0 aromatic heterocycles. The maximum absolute atomic E-state index is 12.0. The zero-order valence-electron chi connectivity index (χ0n) is 12.3. The number of carbonyl (C=O) groups excluding carboxylic acids is 1. The Labute approximate surface area is 120 Å². The summed E-state index contributed by atoms with van der Waals surface area (Å²) in [6, 6.07) is 10.2. The van der Waals surface area contributed by atoms with Gasteiger partial charge in [-0.2, -0.15) is 0 Å². The van der Waals surface area contributed by atoms with E-state index in [1.54, 1.807) is 0 Å². The van der Waals surface area contributed by atoms with Crippen LogP contribution in [0.25, 0.3) is 0 Å². The first kappa shape index (κ1) is 15.0. The van der Waals surface area contributed by atoms with E-state index in [2.05, 4.69) is 29.7 Å². The fourth-order valence-corrected chi connectivity index (χ4v) is 2.35. The summed E-state index contributed by atoms with van der Waals surface area (Å²) in [7, 11) is 0. The molecule has 0 saturated carbocycles. The maximum atomic E-state index is 12.0. The number of rotatable bonds is 7. The van der Waals surface area contributed by atoms with E-state index in [1.165, 1.54) is 0 Å². The number of hydrogen-bond donors (Lipinski definition) is 2. The highest BCUT2D eigenvalue weighted by molar-refractivity contribution is 5.77. The number of hydrogen-bond acceptors (Lipinski definition) is 3. The summed E-state index contributed by atoms with van der Waals surface area (Å²) in [6.45, 7) is 5.91. The molecule has 1 aromatic carbocycles. The molecule has 0 spiro atoms. The summed E-state index contributed by atoms with van der Waals surface area (Å²) in [5.41, 5.74) is 0.976. The predicted octanol–water partition coefficient (Wildman–Crippen LogP) is 2.02. The molecule has 2 N–H and O–H groups in total. The molecule has 4 heteroatoms. The molecular weight excluding hydrogens is 252 g/mol. The van der Waals surface area contributed by atoms with Crippen LogP contribution in [-0.4, -0.2) is 31.2 Å². The third-order valence-electron chi connectivity index (χ3n) is 3.66. The van der Waals surface area contributed by atoms with Crippen molar-refractivity contribution in [2.45, 2.75) is 38.3 Å². The lowest BCUT2D eigenvalue weighted by atomic mass is 10.0. The van der Waals surface area contributed by atoms with E-state index in [0.29, 0.717) is 0 Å². The standard InChI is InChI=1S/C16H24N2O2/c1-3-7-14(13-8-5-4-6-9-13)18-15(19)10-20-16(2)11-17-12-16/h4-6,8-9,14,17H,3,7,10-12H2,1-2H3,(H,18,19). The van der Waals surface area contributed by atoms with Crippen molar-refractivity contribution in [3.05, 3.63) is 35.9 Å². The Bertz CT molecular complexity index is 429. The molecular formula is C16H24N2O2. The van der Waals surface area contributed by atoms with Gasteiger partial charge < -0.3 is 15.4 Å². The Morgan fingerprint density at radius 2 is 2.10 bits per heavy atom. The predicted molar refractivity (Wildman–Crippen MR) is 79.5 cm³/mol. The van der Waals surface area contributed by atoms with Gasteiger partial charge in [-0.15, -0.1) is 0 Å². The van der Waals surface area contributed by atoms with Crippen molar-refractivity contribution < 1.29 is 9.53 Å². The molecule has 1 heterocycles. The zero-order valence-corrected chi connectivity index (χ0v) is 12.3. The van der Waals surface area contributed by atoms with Crippen LogP contribution < -0.4 is 10.6 Å². The van der Waals surface area contributed by atoms with Gasteiger partial charge in [0.05, 0.1) is 11.6 Å². The van der Waals surface area contributed by atoms with Crippen molar-refractivity contribution in [1.29, 1.82) is 0 Å². The molecule has 1 aromatic rings. The Hall–Kier alpha value is -1.39. The molecule has 20 heavy (non-hydrogen) atoms.